The molecule has 2 rings (SSSR count). The Morgan fingerprint density at radius 2 is 1.65 bits per heavy atom. The second-order valence-electron chi connectivity index (χ2n) is 6.26. The van der Waals surface area contributed by atoms with Gasteiger partial charge in [0.2, 0.25) is 10.0 Å². The van der Waals surface area contributed by atoms with Crippen LogP contribution >= 0.6 is 0 Å². The monoisotopic (exact) mass is 376 g/mol. The first-order valence-electron chi connectivity index (χ1n) is 8.33. The highest BCUT2D eigenvalue weighted by atomic mass is 32.2. The molecule has 0 aliphatic heterocycles. The number of hydrogen-bond donors (Lipinski definition) is 2. The minimum absolute atomic E-state index is 0.0429. The van der Waals surface area contributed by atoms with Gasteiger partial charge in [-0.25, -0.2) is 17.9 Å². The van der Waals surface area contributed by atoms with Gasteiger partial charge in [0, 0.05) is 12.6 Å². The van der Waals surface area contributed by atoms with Crippen LogP contribution in [0.2, 0.25) is 0 Å². The van der Waals surface area contributed by atoms with Gasteiger partial charge >= 0.3 is 5.97 Å². The Labute approximate surface area is 154 Å². The lowest BCUT2D eigenvalue weighted by molar-refractivity contribution is 0.0696. The Morgan fingerprint density at radius 3 is 2.12 bits per heavy atom. The molecule has 2 aromatic rings. The predicted molar refractivity (Wildman–Crippen MR) is 101 cm³/mol. The molecule has 6 nitrogen and oxygen atoms in total. The molecule has 0 aromatic heterocycles. The molecule has 0 aliphatic rings. The first-order valence-corrected chi connectivity index (χ1v) is 9.81. The number of likely N-dealkylation sites (N-methyl/N-ethyl adjacent to an activating group) is 1. The number of carbonyl (C=O) groups is 1. The number of nitrogens with zero attached hydrogens (tertiary/aromatic N) is 1. The van der Waals surface area contributed by atoms with Gasteiger partial charge in [0.25, 0.3) is 0 Å². The van der Waals surface area contributed by atoms with Gasteiger partial charge in [0.15, 0.2) is 0 Å². The Kier molecular flexibility index (Phi) is 6.52. The fraction of sp³-hybridized carbons (Fsp3) is 0.316. The van der Waals surface area contributed by atoms with E-state index in [0.717, 1.165) is 12.0 Å². The third kappa shape index (κ3) is 4.91. The van der Waals surface area contributed by atoms with E-state index in [9.17, 15) is 13.2 Å². The van der Waals surface area contributed by atoms with Crippen LogP contribution in [0.3, 0.4) is 0 Å². The molecule has 0 saturated heterocycles. The summed E-state index contributed by atoms with van der Waals surface area (Å²) in [6.07, 6.45) is 0.950. The number of sulfonamides is 1. The summed E-state index contributed by atoms with van der Waals surface area (Å²) in [4.78, 5) is 12.9. The fourth-order valence-electron chi connectivity index (χ4n) is 2.62. The predicted octanol–water partition coefficient (Wildman–Crippen LogP) is 2.53. The van der Waals surface area contributed by atoms with Gasteiger partial charge in [-0.15, -0.1) is 0 Å². The van der Waals surface area contributed by atoms with Crippen molar-refractivity contribution in [3.05, 3.63) is 65.2 Å². The molecule has 140 valence electrons. The summed E-state index contributed by atoms with van der Waals surface area (Å²) in [5, 5.41) is 8.91. The zero-order valence-electron chi connectivity index (χ0n) is 15.1. The average molecular weight is 376 g/mol. The molecule has 26 heavy (non-hydrogen) atoms. The summed E-state index contributed by atoms with van der Waals surface area (Å²) in [5.74, 6) is -1.09. The summed E-state index contributed by atoms with van der Waals surface area (Å²) in [6.45, 7) is 2.30. The lowest BCUT2D eigenvalue weighted by Crippen LogP contribution is -2.34. The van der Waals surface area contributed by atoms with Crippen molar-refractivity contribution in [1.82, 2.24) is 9.62 Å². The van der Waals surface area contributed by atoms with Crippen LogP contribution < -0.4 is 4.72 Å². The minimum atomic E-state index is -3.72. The number of carboxylic acids is 1. The average Bonchev–Trinajstić information content (AvgIpc) is 2.62. The van der Waals surface area contributed by atoms with Crippen LogP contribution in [0.25, 0.3) is 0 Å². The van der Waals surface area contributed by atoms with Gasteiger partial charge < -0.3 is 10.0 Å². The number of benzene rings is 2. The van der Waals surface area contributed by atoms with Gasteiger partial charge in [-0.05, 0) is 55.9 Å². The Bertz CT molecular complexity index is 844. The number of hydrogen-bond acceptors (Lipinski definition) is 4. The number of rotatable bonds is 8. The molecule has 0 spiro atoms. The van der Waals surface area contributed by atoms with Crippen molar-refractivity contribution in [3.63, 3.8) is 0 Å². The quantitative estimate of drug-likeness (QED) is 0.739. The number of nitrogens with one attached hydrogen (secondary N) is 1. The van der Waals surface area contributed by atoms with Crippen molar-refractivity contribution >= 4 is 16.0 Å². The molecular formula is C19H24N2O4S. The van der Waals surface area contributed by atoms with Crippen LogP contribution in [0.1, 0.15) is 34.5 Å². The van der Waals surface area contributed by atoms with E-state index >= 15 is 0 Å². The maximum absolute atomic E-state index is 12.5. The van der Waals surface area contributed by atoms with E-state index in [1.807, 2.05) is 43.3 Å². The maximum Gasteiger partial charge on any atom is 0.335 e. The third-order valence-corrected chi connectivity index (χ3v) is 5.71. The van der Waals surface area contributed by atoms with Crippen LogP contribution in [0.5, 0.6) is 0 Å². The van der Waals surface area contributed by atoms with Gasteiger partial charge in [0.05, 0.1) is 10.5 Å². The van der Waals surface area contributed by atoms with Crippen LogP contribution in [0.15, 0.2) is 53.4 Å². The summed E-state index contributed by atoms with van der Waals surface area (Å²) in [7, 11) is 0.0726. The van der Waals surface area contributed by atoms with Crippen molar-refractivity contribution in [2.24, 2.45) is 0 Å². The van der Waals surface area contributed by atoms with E-state index in [1.54, 1.807) is 0 Å². The minimum Gasteiger partial charge on any atom is -0.478 e. The largest absolute Gasteiger partial charge is 0.478 e. The molecule has 0 saturated carbocycles. The molecule has 0 fully saturated rings. The van der Waals surface area contributed by atoms with Crippen LogP contribution in [0.4, 0.5) is 0 Å². The van der Waals surface area contributed by atoms with Gasteiger partial charge in [0.1, 0.15) is 0 Å². The highest BCUT2D eigenvalue weighted by Gasteiger charge is 2.20. The van der Waals surface area contributed by atoms with E-state index in [4.69, 9.17) is 5.11 Å². The fourth-order valence-corrected chi connectivity index (χ4v) is 3.66. The number of aromatic carboxylic acids is 1. The highest BCUT2D eigenvalue weighted by molar-refractivity contribution is 7.89. The smallest absolute Gasteiger partial charge is 0.335 e. The first-order chi connectivity index (χ1) is 12.2. The van der Waals surface area contributed by atoms with Gasteiger partial charge in [-0.1, -0.05) is 31.2 Å². The molecule has 0 amide bonds. The second-order valence-corrected chi connectivity index (χ2v) is 8.02. The van der Waals surface area contributed by atoms with Gasteiger partial charge in [-0.3, -0.25) is 0 Å². The van der Waals surface area contributed by atoms with Crippen molar-refractivity contribution in [3.8, 4) is 0 Å². The summed E-state index contributed by atoms with van der Waals surface area (Å²) in [5.41, 5.74) is 2.30. The number of carboxylic acid groups (broad SMARTS) is 1. The summed E-state index contributed by atoms with van der Waals surface area (Å²) < 4.78 is 27.6. The van der Waals surface area contributed by atoms with E-state index in [-0.39, 0.29) is 23.0 Å². The van der Waals surface area contributed by atoms with E-state index in [0.29, 0.717) is 0 Å². The van der Waals surface area contributed by atoms with Crippen molar-refractivity contribution in [2.45, 2.75) is 24.3 Å². The van der Waals surface area contributed by atoms with Crippen molar-refractivity contribution < 1.29 is 18.3 Å². The first kappa shape index (κ1) is 20.1. The molecule has 0 aliphatic carbocycles. The molecule has 0 bridgehead atoms. The lowest BCUT2D eigenvalue weighted by atomic mass is 10.0. The molecule has 0 radical (unpaired) electrons. The molecule has 0 heterocycles. The zero-order chi connectivity index (χ0) is 19.3. The highest BCUT2D eigenvalue weighted by Crippen LogP contribution is 2.19. The van der Waals surface area contributed by atoms with Crippen molar-refractivity contribution in [2.75, 3.05) is 20.6 Å². The third-order valence-electron chi connectivity index (χ3n) is 4.27. The topological polar surface area (TPSA) is 86.7 Å². The zero-order valence-corrected chi connectivity index (χ0v) is 16.0. The Balaban J connectivity index is 2.15. The van der Waals surface area contributed by atoms with Crippen molar-refractivity contribution in [1.29, 1.82) is 0 Å². The van der Waals surface area contributed by atoms with Gasteiger partial charge in [-0.2, -0.15) is 0 Å². The van der Waals surface area contributed by atoms with E-state index < -0.39 is 16.0 Å². The molecule has 1 unspecified atom stereocenters. The Morgan fingerprint density at radius 1 is 1.08 bits per heavy atom. The van der Waals surface area contributed by atoms with Crippen LogP contribution in [-0.2, 0) is 16.4 Å². The van der Waals surface area contributed by atoms with E-state index in [1.165, 1.54) is 29.8 Å². The second kappa shape index (κ2) is 8.44. The standard InChI is InChI=1S/C19H24N2O4S/c1-4-14-5-7-15(8-6-14)18(21(2)3)13-20-26(24,25)17-11-9-16(10-12-17)19(22)23/h5-12,18,20H,4,13H2,1-3H3,(H,22,23). The molecule has 7 heteroatoms. The Hall–Kier alpha value is -2.22. The van der Waals surface area contributed by atoms with Crippen LogP contribution in [0, 0.1) is 0 Å². The van der Waals surface area contributed by atoms with Crippen LogP contribution in [-0.4, -0.2) is 45.0 Å². The number of aryl methyl sites for hydroxylation is 1. The SMILES string of the molecule is CCc1ccc(C(CNS(=O)(=O)c2ccc(C(=O)O)cc2)N(C)C)cc1. The molecule has 2 N–H and O–H groups in total. The normalized spacial score (nSPS) is 12.9. The molecule has 2 aromatic carbocycles. The summed E-state index contributed by atoms with van der Waals surface area (Å²) >= 11 is 0. The maximum atomic E-state index is 12.5. The molecular weight excluding hydrogens is 352 g/mol. The lowest BCUT2D eigenvalue weighted by Gasteiger charge is -2.25. The van der Waals surface area contributed by atoms with E-state index in [2.05, 4.69) is 11.6 Å². The summed E-state index contributed by atoms with van der Waals surface area (Å²) in [6, 6.07) is 13.2. The molecule has 1 atom stereocenters.